The Kier molecular flexibility index (Phi) is 8.49. The second kappa shape index (κ2) is 10.9. The average molecular weight is 376 g/mol. The van der Waals surface area contributed by atoms with Gasteiger partial charge in [-0.05, 0) is 32.4 Å². The van der Waals surface area contributed by atoms with E-state index in [9.17, 15) is 9.90 Å². The second-order valence-corrected chi connectivity index (χ2v) is 7.19. The number of hydrogen-bond donors (Lipinski definition) is 1. The maximum Gasteiger partial charge on any atom is 0.383 e. The molecule has 1 N–H and O–H groups in total. The molecule has 0 amide bonds. The minimum Gasteiger partial charge on any atom is -0.507 e. The summed E-state index contributed by atoms with van der Waals surface area (Å²) in [6.45, 7) is 6.35. The Labute approximate surface area is 161 Å². The molecule has 0 aliphatic rings. The van der Waals surface area contributed by atoms with Crippen molar-refractivity contribution in [3.05, 3.63) is 28.6 Å². The van der Waals surface area contributed by atoms with Crippen molar-refractivity contribution >= 4 is 11.0 Å². The maximum atomic E-state index is 12.3. The van der Waals surface area contributed by atoms with Gasteiger partial charge < -0.3 is 19.0 Å². The van der Waals surface area contributed by atoms with Gasteiger partial charge in [-0.1, -0.05) is 57.9 Å². The highest BCUT2D eigenvalue weighted by Gasteiger charge is 2.21. The van der Waals surface area contributed by atoms with Crippen LogP contribution in [0.2, 0.25) is 0 Å². The molecule has 0 atom stereocenters. The number of benzene rings is 1. The fraction of sp³-hybridized carbons (Fsp3) is 0.591. The number of fused-ring (bicyclic) bond motifs is 1. The molecule has 0 saturated heterocycles. The van der Waals surface area contributed by atoms with E-state index >= 15 is 0 Å². The van der Waals surface area contributed by atoms with Crippen LogP contribution in [0.15, 0.2) is 27.4 Å². The van der Waals surface area contributed by atoms with Gasteiger partial charge in [-0.15, -0.1) is 0 Å². The Hall–Kier alpha value is -2.17. The Bertz CT molecular complexity index is 763. The van der Waals surface area contributed by atoms with Gasteiger partial charge in [0.1, 0.15) is 16.7 Å². The predicted molar refractivity (Wildman–Crippen MR) is 108 cm³/mol. The van der Waals surface area contributed by atoms with Crippen LogP contribution in [0.1, 0.15) is 72.1 Å². The first kappa shape index (κ1) is 21.1. The summed E-state index contributed by atoms with van der Waals surface area (Å²) in [5.74, 6) is 0.311. The molecule has 1 heterocycles. The van der Waals surface area contributed by atoms with E-state index in [1.807, 2.05) is 13.8 Å². The molecule has 0 fully saturated rings. The van der Waals surface area contributed by atoms with E-state index in [2.05, 4.69) is 6.92 Å². The van der Waals surface area contributed by atoms with Crippen LogP contribution in [0.3, 0.4) is 0 Å². The van der Waals surface area contributed by atoms with E-state index in [4.69, 9.17) is 13.9 Å². The highest BCUT2D eigenvalue weighted by atomic mass is 16.5. The van der Waals surface area contributed by atoms with Crippen molar-refractivity contribution in [2.45, 2.75) is 78.2 Å². The third-order valence-corrected chi connectivity index (χ3v) is 4.42. The molecule has 0 spiro atoms. The van der Waals surface area contributed by atoms with E-state index in [1.165, 1.54) is 38.5 Å². The topological polar surface area (TPSA) is 68.9 Å². The zero-order chi connectivity index (χ0) is 19.6. The summed E-state index contributed by atoms with van der Waals surface area (Å²) in [4.78, 5) is 12.3. The maximum absolute atomic E-state index is 12.3. The van der Waals surface area contributed by atoms with Gasteiger partial charge in [-0.3, -0.25) is 0 Å². The van der Waals surface area contributed by atoms with Gasteiger partial charge in [0, 0.05) is 0 Å². The lowest BCUT2D eigenvalue weighted by atomic mass is 10.1. The van der Waals surface area contributed by atoms with E-state index < -0.39 is 5.63 Å². The highest BCUT2D eigenvalue weighted by Crippen LogP contribution is 2.38. The zero-order valence-electron chi connectivity index (χ0n) is 16.8. The summed E-state index contributed by atoms with van der Waals surface area (Å²) < 4.78 is 16.8. The lowest BCUT2D eigenvalue weighted by molar-refractivity contribution is 0.210. The first-order valence-corrected chi connectivity index (χ1v) is 10.1. The predicted octanol–water partition coefficient (Wildman–Crippen LogP) is 5.81. The van der Waals surface area contributed by atoms with Crippen LogP contribution in [0.5, 0.6) is 17.2 Å². The molecule has 2 aromatic rings. The second-order valence-electron chi connectivity index (χ2n) is 7.19. The first-order valence-electron chi connectivity index (χ1n) is 10.1. The number of unbranched alkanes of at least 4 members (excludes halogenated alkanes) is 7. The molecule has 0 unspecified atom stereocenters. The Morgan fingerprint density at radius 2 is 1.67 bits per heavy atom. The van der Waals surface area contributed by atoms with E-state index in [1.54, 1.807) is 18.2 Å². The van der Waals surface area contributed by atoms with Crippen molar-refractivity contribution in [3.63, 3.8) is 0 Å². The van der Waals surface area contributed by atoms with Crippen molar-refractivity contribution in [2.24, 2.45) is 0 Å². The molecule has 0 bridgehead atoms. The summed E-state index contributed by atoms with van der Waals surface area (Å²) in [5.41, 5.74) is -0.297. The van der Waals surface area contributed by atoms with Crippen LogP contribution in [0, 0.1) is 0 Å². The number of phenols is 1. The lowest BCUT2D eigenvalue weighted by Gasteiger charge is -2.16. The van der Waals surface area contributed by atoms with Gasteiger partial charge in [0.2, 0.25) is 5.75 Å². The summed E-state index contributed by atoms with van der Waals surface area (Å²) >= 11 is 0. The molecule has 0 aliphatic carbocycles. The van der Waals surface area contributed by atoms with Gasteiger partial charge in [-0.25, -0.2) is 4.79 Å². The normalized spacial score (nSPS) is 11.3. The van der Waals surface area contributed by atoms with Gasteiger partial charge in [0.05, 0.1) is 12.7 Å². The average Bonchev–Trinajstić information content (AvgIpc) is 2.62. The Morgan fingerprint density at radius 3 is 2.33 bits per heavy atom. The van der Waals surface area contributed by atoms with Gasteiger partial charge in [-0.2, -0.15) is 0 Å². The molecule has 5 nitrogen and oxygen atoms in total. The summed E-state index contributed by atoms with van der Waals surface area (Å²) in [5, 5.41) is 10.6. The fourth-order valence-corrected chi connectivity index (χ4v) is 3.07. The van der Waals surface area contributed by atoms with Crippen molar-refractivity contribution in [2.75, 3.05) is 6.61 Å². The largest absolute Gasteiger partial charge is 0.507 e. The monoisotopic (exact) mass is 376 g/mol. The zero-order valence-corrected chi connectivity index (χ0v) is 16.8. The van der Waals surface area contributed by atoms with Crippen LogP contribution in [-0.4, -0.2) is 17.8 Å². The highest BCUT2D eigenvalue weighted by molar-refractivity contribution is 5.91. The molecule has 1 aromatic carbocycles. The molecule has 0 radical (unpaired) electrons. The van der Waals surface area contributed by atoms with Crippen molar-refractivity contribution in [3.8, 4) is 17.2 Å². The van der Waals surface area contributed by atoms with Crippen LogP contribution in [0.4, 0.5) is 0 Å². The van der Waals surface area contributed by atoms with Gasteiger partial charge in [0.15, 0.2) is 5.75 Å². The number of phenolic OH excluding ortho intramolecular Hbond substituents is 1. The van der Waals surface area contributed by atoms with Crippen LogP contribution in [0.25, 0.3) is 11.0 Å². The summed E-state index contributed by atoms with van der Waals surface area (Å²) in [6, 6.07) is 4.81. The number of aromatic hydroxyl groups is 1. The quantitative estimate of drug-likeness (QED) is 0.374. The molecule has 27 heavy (non-hydrogen) atoms. The number of ether oxygens (including phenoxy) is 2. The molecule has 5 heteroatoms. The lowest BCUT2D eigenvalue weighted by Crippen LogP contribution is -2.15. The minimum absolute atomic E-state index is 0.00998. The molecular formula is C22H32O5. The molecule has 1 aromatic heterocycles. The molecular weight excluding hydrogens is 344 g/mol. The van der Waals surface area contributed by atoms with E-state index in [-0.39, 0.29) is 23.4 Å². The molecule has 0 saturated carbocycles. The standard InChI is InChI=1S/C22H32O5/c1-4-5-6-7-8-9-10-11-15-25-20-19-17(23)13-12-14-18(19)27-22(24)21(20)26-16(2)3/h12-14,16,23H,4-11,15H2,1-3H3. The molecule has 0 aliphatic heterocycles. The minimum atomic E-state index is -0.590. The van der Waals surface area contributed by atoms with Crippen molar-refractivity contribution < 1.29 is 19.0 Å². The van der Waals surface area contributed by atoms with E-state index in [0.29, 0.717) is 17.6 Å². The Morgan fingerprint density at radius 1 is 1.00 bits per heavy atom. The molecule has 2 rings (SSSR count). The van der Waals surface area contributed by atoms with Crippen LogP contribution in [-0.2, 0) is 0 Å². The van der Waals surface area contributed by atoms with E-state index in [0.717, 1.165) is 12.8 Å². The van der Waals surface area contributed by atoms with Gasteiger partial charge in [0.25, 0.3) is 0 Å². The first-order chi connectivity index (χ1) is 13.0. The van der Waals surface area contributed by atoms with Crippen LogP contribution < -0.4 is 15.1 Å². The third-order valence-electron chi connectivity index (χ3n) is 4.42. The molecule has 150 valence electrons. The Balaban J connectivity index is 2.03. The van der Waals surface area contributed by atoms with Crippen molar-refractivity contribution in [1.29, 1.82) is 0 Å². The van der Waals surface area contributed by atoms with Crippen molar-refractivity contribution in [1.82, 2.24) is 0 Å². The number of hydrogen-bond acceptors (Lipinski definition) is 5. The number of rotatable bonds is 12. The summed E-state index contributed by atoms with van der Waals surface area (Å²) in [6.07, 6.45) is 9.39. The van der Waals surface area contributed by atoms with Crippen LogP contribution >= 0.6 is 0 Å². The smallest absolute Gasteiger partial charge is 0.383 e. The fourth-order valence-electron chi connectivity index (χ4n) is 3.07. The van der Waals surface area contributed by atoms with Gasteiger partial charge >= 0.3 is 5.63 Å². The SMILES string of the molecule is CCCCCCCCCCOc1c(OC(C)C)c(=O)oc2cccc(O)c12. The summed E-state index contributed by atoms with van der Waals surface area (Å²) in [7, 11) is 0. The third kappa shape index (κ3) is 6.19.